The fourth-order valence-corrected chi connectivity index (χ4v) is 2.17. The van der Waals surface area contributed by atoms with Crippen LogP contribution in [0.4, 0.5) is 14.5 Å². The van der Waals surface area contributed by atoms with Crippen molar-refractivity contribution in [3.63, 3.8) is 0 Å². The van der Waals surface area contributed by atoms with Crippen LogP contribution >= 0.6 is 0 Å². The number of hydrogen-bond acceptors (Lipinski definition) is 3. The quantitative estimate of drug-likeness (QED) is 0.805. The third kappa shape index (κ3) is 4.43. The summed E-state index contributed by atoms with van der Waals surface area (Å²) in [6, 6.07) is 13.4. The average molecular weight is 316 g/mol. The molecule has 0 saturated carbocycles. The van der Waals surface area contributed by atoms with Gasteiger partial charge in [0.05, 0.1) is 18.6 Å². The van der Waals surface area contributed by atoms with Crippen molar-refractivity contribution in [3.8, 4) is 11.8 Å². The Labute approximate surface area is 134 Å². The van der Waals surface area contributed by atoms with E-state index in [0.717, 1.165) is 23.4 Å². The molecule has 2 aromatic rings. The fourth-order valence-electron chi connectivity index (χ4n) is 2.17. The van der Waals surface area contributed by atoms with Crippen LogP contribution in [-0.2, 0) is 0 Å². The minimum absolute atomic E-state index is 0.249. The molecular formula is C18H18F2N2O. The third-order valence-corrected chi connectivity index (χ3v) is 3.53. The standard InChI is InChI=1S/C18H18F2N2O/c1-22(2)15-5-3-13(4-6-15)14(12-21)9-10-23-16-7-8-17(19)18(20)11-16/h3-8,11,14H,9-10H2,1-2H3. The van der Waals surface area contributed by atoms with E-state index in [2.05, 4.69) is 6.07 Å². The van der Waals surface area contributed by atoms with Crippen molar-refractivity contribution in [2.75, 3.05) is 25.6 Å². The first-order chi connectivity index (χ1) is 11.0. The van der Waals surface area contributed by atoms with Crippen LogP contribution < -0.4 is 9.64 Å². The van der Waals surface area contributed by atoms with Crippen molar-refractivity contribution in [1.29, 1.82) is 5.26 Å². The summed E-state index contributed by atoms with van der Waals surface area (Å²) >= 11 is 0. The number of hydrogen-bond donors (Lipinski definition) is 0. The molecule has 0 radical (unpaired) electrons. The molecule has 0 saturated heterocycles. The predicted molar refractivity (Wildman–Crippen MR) is 85.6 cm³/mol. The smallest absolute Gasteiger partial charge is 0.162 e. The van der Waals surface area contributed by atoms with Crippen molar-refractivity contribution in [3.05, 3.63) is 59.7 Å². The number of nitrogens with zero attached hydrogens (tertiary/aromatic N) is 2. The molecule has 3 nitrogen and oxygen atoms in total. The molecule has 0 bridgehead atoms. The summed E-state index contributed by atoms with van der Waals surface area (Å²) in [6.07, 6.45) is 0.469. The van der Waals surface area contributed by atoms with E-state index in [4.69, 9.17) is 4.74 Å². The lowest BCUT2D eigenvalue weighted by Gasteiger charge is -2.15. The molecule has 0 amide bonds. The summed E-state index contributed by atoms with van der Waals surface area (Å²) in [4.78, 5) is 1.98. The van der Waals surface area contributed by atoms with Gasteiger partial charge in [0.1, 0.15) is 5.75 Å². The zero-order chi connectivity index (χ0) is 16.8. The van der Waals surface area contributed by atoms with Crippen LogP contribution in [-0.4, -0.2) is 20.7 Å². The first-order valence-corrected chi connectivity index (χ1v) is 7.26. The van der Waals surface area contributed by atoms with E-state index in [1.807, 2.05) is 43.3 Å². The second kappa shape index (κ2) is 7.59. The van der Waals surface area contributed by atoms with Gasteiger partial charge in [0.2, 0.25) is 0 Å². The first-order valence-electron chi connectivity index (χ1n) is 7.26. The Hall–Kier alpha value is -2.61. The lowest BCUT2D eigenvalue weighted by Crippen LogP contribution is -2.09. The van der Waals surface area contributed by atoms with E-state index < -0.39 is 11.6 Å². The van der Waals surface area contributed by atoms with Gasteiger partial charge in [-0.1, -0.05) is 12.1 Å². The van der Waals surface area contributed by atoms with Gasteiger partial charge in [-0.05, 0) is 29.8 Å². The molecular weight excluding hydrogens is 298 g/mol. The van der Waals surface area contributed by atoms with E-state index in [0.29, 0.717) is 6.42 Å². The van der Waals surface area contributed by atoms with E-state index in [9.17, 15) is 14.0 Å². The van der Waals surface area contributed by atoms with Gasteiger partial charge >= 0.3 is 0 Å². The molecule has 0 spiro atoms. The molecule has 5 heteroatoms. The lowest BCUT2D eigenvalue weighted by molar-refractivity contribution is 0.303. The van der Waals surface area contributed by atoms with Crippen LogP contribution in [0, 0.1) is 23.0 Å². The van der Waals surface area contributed by atoms with Crippen LogP contribution in [0.5, 0.6) is 5.75 Å². The topological polar surface area (TPSA) is 36.3 Å². The van der Waals surface area contributed by atoms with Gasteiger partial charge in [0.15, 0.2) is 11.6 Å². The highest BCUT2D eigenvalue weighted by Crippen LogP contribution is 2.23. The molecule has 0 fully saturated rings. The maximum Gasteiger partial charge on any atom is 0.162 e. The van der Waals surface area contributed by atoms with Crippen molar-refractivity contribution >= 4 is 5.69 Å². The number of ether oxygens (including phenoxy) is 1. The van der Waals surface area contributed by atoms with Crippen LogP contribution in [0.1, 0.15) is 17.9 Å². The van der Waals surface area contributed by atoms with Crippen LogP contribution in [0.2, 0.25) is 0 Å². The largest absolute Gasteiger partial charge is 0.493 e. The zero-order valence-electron chi connectivity index (χ0n) is 13.1. The SMILES string of the molecule is CN(C)c1ccc(C(C#N)CCOc2ccc(F)c(F)c2)cc1. The second-order valence-electron chi connectivity index (χ2n) is 5.38. The minimum atomic E-state index is -0.946. The summed E-state index contributed by atoms with van der Waals surface area (Å²) in [6.45, 7) is 0.249. The normalized spacial score (nSPS) is 11.6. The molecule has 0 aromatic heterocycles. The minimum Gasteiger partial charge on any atom is -0.493 e. The van der Waals surface area contributed by atoms with Gasteiger partial charge in [0, 0.05) is 32.3 Å². The molecule has 2 aromatic carbocycles. The molecule has 0 aliphatic carbocycles. The number of anilines is 1. The summed E-state index contributed by atoms with van der Waals surface area (Å²) in [5.41, 5.74) is 1.97. The number of halogens is 2. The van der Waals surface area contributed by atoms with Gasteiger partial charge in [-0.15, -0.1) is 0 Å². The number of benzene rings is 2. The molecule has 0 N–H and O–H groups in total. The Balaban J connectivity index is 1.94. The van der Waals surface area contributed by atoms with Crippen LogP contribution in [0.25, 0.3) is 0 Å². The molecule has 1 unspecified atom stereocenters. The number of rotatable bonds is 6. The lowest BCUT2D eigenvalue weighted by atomic mass is 9.97. The first kappa shape index (κ1) is 16.8. The fraction of sp³-hybridized carbons (Fsp3) is 0.278. The van der Waals surface area contributed by atoms with Gasteiger partial charge in [0.25, 0.3) is 0 Å². The summed E-state index contributed by atoms with van der Waals surface area (Å²) in [7, 11) is 3.90. The maximum atomic E-state index is 13.1. The van der Waals surface area contributed by atoms with E-state index in [1.54, 1.807) is 0 Å². The van der Waals surface area contributed by atoms with Gasteiger partial charge < -0.3 is 9.64 Å². The third-order valence-electron chi connectivity index (χ3n) is 3.53. The Kier molecular flexibility index (Phi) is 5.53. The summed E-state index contributed by atoms with van der Waals surface area (Å²) in [5.74, 6) is -1.91. The Morgan fingerprint density at radius 2 is 1.78 bits per heavy atom. The van der Waals surface area contributed by atoms with E-state index >= 15 is 0 Å². The number of nitriles is 1. The second-order valence-corrected chi connectivity index (χ2v) is 5.38. The Morgan fingerprint density at radius 3 is 2.35 bits per heavy atom. The van der Waals surface area contributed by atoms with Gasteiger partial charge in [-0.25, -0.2) is 8.78 Å². The zero-order valence-corrected chi connectivity index (χ0v) is 13.1. The van der Waals surface area contributed by atoms with Gasteiger partial charge in [-0.3, -0.25) is 0 Å². The monoisotopic (exact) mass is 316 g/mol. The average Bonchev–Trinajstić information content (AvgIpc) is 2.55. The van der Waals surface area contributed by atoms with Crippen LogP contribution in [0.3, 0.4) is 0 Å². The summed E-state index contributed by atoms with van der Waals surface area (Å²) in [5, 5.41) is 9.31. The molecule has 23 heavy (non-hydrogen) atoms. The Bertz CT molecular complexity index is 693. The highest BCUT2D eigenvalue weighted by molar-refractivity contribution is 5.47. The molecule has 0 heterocycles. The van der Waals surface area contributed by atoms with E-state index in [1.165, 1.54) is 6.07 Å². The van der Waals surface area contributed by atoms with Crippen molar-refractivity contribution < 1.29 is 13.5 Å². The molecule has 0 aliphatic heterocycles. The van der Waals surface area contributed by atoms with Crippen molar-refractivity contribution in [2.24, 2.45) is 0 Å². The molecule has 2 rings (SSSR count). The summed E-state index contributed by atoms with van der Waals surface area (Å²) < 4.78 is 31.3. The maximum absolute atomic E-state index is 13.1. The molecule has 0 aliphatic rings. The van der Waals surface area contributed by atoms with Crippen molar-refractivity contribution in [1.82, 2.24) is 0 Å². The molecule has 120 valence electrons. The Morgan fingerprint density at radius 1 is 1.09 bits per heavy atom. The van der Waals surface area contributed by atoms with Gasteiger partial charge in [-0.2, -0.15) is 5.26 Å². The van der Waals surface area contributed by atoms with Crippen molar-refractivity contribution in [2.45, 2.75) is 12.3 Å². The molecule has 1 atom stereocenters. The highest BCUT2D eigenvalue weighted by atomic mass is 19.2. The van der Waals surface area contributed by atoms with E-state index in [-0.39, 0.29) is 18.3 Å². The highest BCUT2D eigenvalue weighted by Gasteiger charge is 2.11. The predicted octanol–water partition coefficient (Wildman–Crippen LogP) is 4.11. The van der Waals surface area contributed by atoms with Crippen LogP contribution in [0.15, 0.2) is 42.5 Å².